The number of rotatable bonds is 4. The summed E-state index contributed by atoms with van der Waals surface area (Å²) in [6.45, 7) is 1.78. The van der Waals surface area contributed by atoms with Gasteiger partial charge in [-0.2, -0.15) is 0 Å². The van der Waals surface area contributed by atoms with Crippen LogP contribution in [-0.4, -0.2) is 12.1 Å². The maximum atomic E-state index is 12.2. The fourth-order valence-electron chi connectivity index (χ4n) is 1.30. The van der Waals surface area contributed by atoms with Crippen molar-refractivity contribution < 1.29 is 22.7 Å². The molecular formula is C11H10BrF3O2. The average Bonchev–Trinajstić information content (AvgIpc) is 2.15. The van der Waals surface area contributed by atoms with Gasteiger partial charge < -0.3 is 4.74 Å². The molecule has 0 aliphatic rings. The molecule has 0 spiro atoms. The van der Waals surface area contributed by atoms with Crippen LogP contribution in [0.4, 0.5) is 13.2 Å². The molecular weight excluding hydrogens is 301 g/mol. The van der Waals surface area contributed by atoms with Gasteiger partial charge in [0.1, 0.15) is 5.75 Å². The molecule has 0 N–H and O–H groups in total. The number of ketones is 1. The lowest BCUT2D eigenvalue weighted by atomic mass is 10.1. The molecule has 0 unspecified atom stereocenters. The molecule has 6 heteroatoms. The maximum Gasteiger partial charge on any atom is 0.573 e. The first-order chi connectivity index (χ1) is 7.83. The van der Waals surface area contributed by atoms with Gasteiger partial charge in [-0.15, -0.1) is 13.2 Å². The van der Waals surface area contributed by atoms with Crippen LogP contribution in [0.2, 0.25) is 0 Å². The molecule has 1 rings (SSSR count). The highest BCUT2D eigenvalue weighted by Crippen LogP contribution is 2.30. The van der Waals surface area contributed by atoms with Gasteiger partial charge in [-0.3, -0.25) is 4.79 Å². The molecule has 0 radical (unpaired) electrons. The van der Waals surface area contributed by atoms with E-state index in [1.54, 1.807) is 6.92 Å². The Hall–Kier alpha value is -1.04. The number of carbonyl (C=O) groups is 1. The first kappa shape index (κ1) is 14.0. The van der Waals surface area contributed by atoms with Gasteiger partial charge in [0.15, 0.2) is 5.78 Å². The van der Waals surface area contributed by atoms with E-state index in [1.807, 2.05) is 0 Å². The monoisotopic (exact) mass is 310 g/mol. The second-order valence-electron chi connectivity index (χ2n) is 3.36. The summed E-state index contributed by atoms with van der Waals surface area (Å²) in [6, 6.07) is 3.96. The Bertz CT molecular complexity index is 416. The van der Waals surface area contributed by atoms with Crippen molar-refractivity contribution in [1.29, 1.82) is 0 Å². The van der Waals surface area contributed by atoms with Crippen LogP contribution in [0.3, 0.4) is 0 Å². The highest BCUT2D eigenvalue weighted by molar-refractivity contribution is 9.10. The quantitative estimate of drug-likeness (QED) is 0.774. The van der Waals surface area contributed by atoms with Gasteiger partial charge >= 0.3 is 6.36 Å². The molecule has 1 aromatic carbocycles. The van der Waals surface area contributed by atoms with E-state index in [9.17, 15) is 18.0 Å². The Morgan fingerprint density at radius 1 is 1.41 bits per heavy atom. The fourth-order valence-corrected chi connectivity index (χ4v) is 1.64. The maximum absolute atomic E-state index is 12.2. The fraction of sp³-hybridized carbons (Fsp3) is 0.364. The molecule has 0 saturated heterocycles. The predicted molar refractivity (Wildman–Crippen MR) is 60.1 cm³/mol. The first-order valence-electron chi connectivity index (χ1n) is 4.92. The van der Waals surface area contributed by atoms with Gasteiger partial charge in [-0.25, -0.2) is 0 Å². The number of alkyl halides is 3. The van der Waals surface area contributed by atoms with Crippen LogP contribution in [-0.2, 0) is 0 Å². The van der Waals surface area contributed by atoms with Crippen molar-refractivity contribution in [2.75, 3.05) is 0 Å². The van der Waals surface area contributed by atoms with Gasteiger partial charge in [0, 0.05) is 10.9 Å². The summed E-state index contributed by atoms with van der Waals surface area (Å²) < 4.78 is 40.7. The van der Waals surface area contributed by atoms with Crippen molar-refractivity contribution in [2.24, 2.45) is 0 Å². The minimum Gasteiger partial charge on any atom is -0.405 e. The summed E-state index contributed by atoms with van der Waals surface area (Å²) in [5.41, 5.74) is -0.0487. The molecule has 0 fully saturated rings. The predicted octanol–water partition coefficient (Wildman–Crippen LogP) is 4.33. The summed E-state index contributed by atoms with van der Waals surface area (Å²) in [4.78, 5) is 11.6. The molecule has 0 bridgehead atoms. The normalized spacial score (nSPS) is 11.4. The van der Waals surface area contributed by atoms with E-state index >= 15 is 0 Å². The van der Waals surface area contributed by atoms with Crippen molar-refractivity contribution >= 4 is 21.7 Å². The minimum atomic E-state index is -4.80. The largest absolute Gasteiger partial charge is 0.573 e. The Kier molecular flexibility index (Phi) is 4.56. The summed E-state index contributed by atoms with van der Waals surface area (Å²) in [7, 11) is 0. The van der Waals surface area contributed by atoms with E-state index in [0.717, 1.165) is 6.07 Å². The molecule has 0 saturated carbocycles. The van der Waals surface area contributed by atoms with E-state index in [4.69, 9.17) is 0 Å². The Labute approximate surface area is 105 Å². The number of halogens is 4. The van der Waals surface area contributed by atoms with Crippen molar-refractivity contribution in [3.8, 4) is 5.75 Å². The zero-order valence-electron chi connectivity index (χ0n) is 8.97. The van der Waals surface area contributed by atoms with Crippen LogP contribution < -0.4 is 4.74 Å². The smallest absolute Gasteiger partial charge is 0.405 e. The van der Waals surface area contributed by atoms with Gasteiger partial charge in [0.2, 0.25) is 0 Å². The lowest BCUT2D eigenvalue weighted by Gasteiger charge is -2.12. The summed E-state index contributed by atoms with van der Waals surface area (Å²) in [5, 5.41) is 0. The van der Waals surface area contributed by atoms with Crippen LogP contribution in [0, 0.1) is 0 Å². The lowest BCUT2D eigenvalue weighted by Crippen LogP contribution is -2.19. The highest BCUT2D eigenvalue weighted by atomic mass is 79.9. The number of hydrogen-bond donors (Lipinski definition) is 0. The third-order valence-corrected chi connectivity index (χ3v) is 2.44. The van der Waals surface area contributed by atoms with Crippen LogP contribution in [0.25, 0.3) is 0 Å². The van der Waals surface area contributed by atoms with Crippen molar-refractivity contribution in [3.63, 3.8) is 0 Å². The van der Waals surface area contributed by atoms with Crippen LogP contribution in [0.5, 0.6) is 5.75 Å². The van der Waals surface area contributed by atoms with E-state index < -0.39 is 12.1 Å². The van der Waals surface area contributed by atoms with Gasteiger partial charge in [0.05, 0.1) is 5.56 Å². The second-order valence-corrected chi connectivity index (χ2v) is 4.28. The van der Waals surface area contributed by atoms with Crippen LogP contribution in [0.15, 0.2) is 22.7 Å². The third kappa shape index (κ3) is 4.38. The van der Waals surface area contributed by atoms with Gasteiger partial charge in [-0.05, 0) is 24.6 Å². The number of ether oxygens (including phenoxy) is 1. The highest BCUT2D eigenvalue weighted by Gasteiger charge is 2.32. The molecule has 0 atom stereocenters. The van der Waals surface area contributed by atoms with Gasteiger partial charge in [0.25, 0.3) is 0 Å². The number of Topliss-reactive ketones (excluding diaryl/α,β-unsaturated/α-hetero) is 1. The van der Waals surface area contributed by atoms with E-state index in [0.29, 0.717) is 10.9 Å². The number of benzene rings is 1. The molecule has 0 amide bonds. The van der Waals surface area contributed by atoms with Crippen molar-refractivity contribution in [3.05, 3.63) is 28.2 Å². The molecule has 2 nitrogen and oxygen atoms in total. The molecule has 0 aliphatic carbocycles. The van der Waals surface area contributed by atoms with Crippen LogP contribution >= 0.6 is 15.9 Å². The molecule has 94 valence electrons. The standard InChI is InChI=1S/C11H10BrF3O2/c1-2-3-9(16)8-5-4-7(12)6-10(8)17-11(13,14)15/h4-6H,2-3H2,1H3. The molecule has 0 aromatic heterocycles. The average molecular weight is 311 g/mol. The molecule has 0 heterocycles. The molecule has 0 aliphatic heterocycles. The minimum absolute atomic E-state index is 0.0487. The summed E-state index contributed by atoms with van der Waals surface area (Å²) in [6.07, 6.45) is -4.04. The van der Waals surface area contributed by atoms with E-state index in [1.165, 1.54) is 12.1 Å². The Morgan fingerprint density at radius 3 is 2.59 bits per heavy atom. The van der Waals surface area contributed by atoms with Crippen LogP contribution in [0.1, 0.15) is 30.1 Å². The number of hydrogen-bond acceptors (Lipinski definition) is 2. The lowest BCUT2D eigenvalue weighted by molar-refractivity contribution is -0.274. The van der Waals surface area contributed by atoms with E-state index in [-0.39, 0.29) is 17.8 Å². The molecule has 1 aromatic rings. The zero-order chi connectivity index (χ0) is 13.1. The zero-order valence-corrected chi connectivity index (χ0v) is 10.6. The topological polar surface area (TPSA) is 26.3 Å². The Morgan fingerprint density at radius 2 is 2.06 bits per heavy atom. The van der Waals surface area contributed by atoms with Crippen molar-refractivity contribution in [1.82, 2.24) is 0 Å². The summed E-state index contributed by atoms with van der Waals surface area (Å²) in [5.74, 6) is -0.829. The third-order valence-electron chi connectivity index (χ3n) is 1.95. The Balaban J connectivity index is 3.08. The second kappa shape index (κ2) is 5.53. The number of carbonyl (C=O) groups excluding carboxylic acids is 1. The SMILES string of the molecule is CCCC(=O)c1ccc(Br)cc1OC(F)(F)F. The van der Waals surface area contributed by atoms with Crippen molar-refractivity contribution in [2.45, 2.75) is 26.1 Å². The van der Waals surface area contributed by atoms with E-state index in [2.05, 4.69) is 20.7 Å². The van der Waals surface area contributed by atoms with Gasteiger partial charge in [-0.1, -0.05) is 22.9 Å². The summed E-state index contributed by atoms with van der Waals surface area (Å²) >= 11 is 3.03. The first-order valence-corrected chi connectivity index (χ1v) is 5.71. The molecule has 17 heavy (non-hydrogen) atoms.